The van der Waals surface area contributed by atoms with E-state index in [-0.39, 0.29) is 11.6 Å². The number of benzene rings is 2. The van der Waals surface area contributed by atoms with Crippen LogP contribution in [0.1, 0.15) is 19.4 Å². The fraction of sp³-hybridized carbons (Fsp3) is 0.250. The molecule has 0 saturated carbocycles. The first-order valence-corrected chi connectivity index (χ1v) is 6.55. The minimum atomic E-state index is -1.51. The summed E-state index contributed by atoms with van der Waals surface area (Å²) in [4.78, 5) is 0. The highest BCUT2D eigenvalue weighted by Crippen LogP contribution is 2.25. The van der Waals surface area contributed by atoms with E-state index >= 15 is 0 Å². The summed E-state index contributed by atoms with van der Waals surface area (Å²) in [6, 6.07) is 6.09. The summed E-state index contributed by atoms with van der Waals surface area (Å²) in [5.41, 5.74) is 0.971. The molecule has 0 radical (unpaired) electrons. The highest BCUT2D eigenvalue weighted by Gasteiger charge is 2.13. The Hall–Kier alpha value is -1.88. The molecule has 0 amide bonds. The van der Waals surface area contributed by atoms with Crippen molar-refractivity contribution in [3.8, 4) is 11.1 Å². The third kappa shape index (κ3) is 3.61. The average molecular weight is 297 g/mol. The van der Waals surface area contributed by atoms with E-state index in [1.54, 1.807) is 0 Å². The van der Waals surface area contributed by atoms with Crippen LogP contribution < -0.4 is 5.32 Å². The van der Waals surface area contributed by atoms with Crippen LogP contribution in [-0.2, 0) is 6.54 Å². The molecule has 0 aliphatic carbocycles. The third-order valence-corrected chi connectivity index (χ3v) is 3.06. The van der Waals surface area contributed by atoms with Gasteiger partial charge in [0, 0.05) is 18.2 Å². The predicted molar refractivity (Wildman–Crippen MR) is 73.7 cm³/mol. The first-order valence-electron chi connectivity index (χ1n) is 6.55. The van der Waals surface area contributed by atoms with Gasteiger partial charge in [0.15, 0.2) is 17.5 Å². The Labute approximate surface area is 120 Å². The monoisotopic (exact) mass is 297 g/mol. The Balaban J connectivity index is 2.38. The summed E-state index contributed by atoms with van der Waals surface area (Å²) in [7, 11) is 0. The zero-order chi connectivity index (χ0) is 15.6. The molecule has 5 heteroatoms. The number of halogens is 4. The molecule has 2 aromatic carbocycles. The van der Waals surface area contributed by atoms with Crippen molar-refractivity contribution in [1.29, 1.82) is 0 Å². The summed E-state index contributed by atoms with van der Waals surface area (Å²) in [6.45, 7) is 4.14. The Morgan fingerprint density at radius 3 is 2.05 bits per heavy atom. The summed E-state index contributed by atoms with van der Waals surface area (Å²) in [6.07, 6.45) is 0. The summed E-state index contributed by atoms with van der Waals surface area (Å²) >= 11 is 0. The highest BCUT2D eigenvalue weighted by molar-refractivity contribution is 5.64. The lowest BCUT2D eigenvalue weighted by molar-refractivity contribution is 0.447. The Kier molecular flexibility index (Phi) is 4.63. The lowest BCUT2D eigenvalue weighted by Crippen LogP contribution is -2.22. The van der Waals surface area contributed by atoms with Crippen molar-refractivity contribution in [2.24, 2.45) is 0 Å². The largest absolute Gasteiger partial charge is 0.310 e. The Morgan fingerprint density at radius 1 is 0.857 bits per heavy atom. The van der Waals surface area contributed by atoms with Gasteiger partial charge in [0.25, 0.3) is 0 Å². The molecule has 0 aliphatic rings. The maximum absolute atomic E-state index is 13.7. The molecule has 1 N–H and O–H groups in total. The summed E-state index contributed by atoms with van der Waals surface area (Å²) in [5.74, 6) is -4.45. The molecule has 0 unspecified atom stereocenters. The van der Waals surface area contributed by atoms with Gasteiger partial charge in [0.05, 0.1) is 0 Å². The zero-order valence-electron chi connectivity index (χ0n) is 11.7. The molecule has 0 fully saturated rings. The van der Waals surface area contributed by atoms with Crippen LogP contribution in [-0.4, -0.2) is 6.04 Å². The van der Waals surface area contributed by atoms with E-state index in [9.17, 15) is 17.6 Å². The normalized spacial score (nSPS) is 11.2. The van der Waals surface area contributed by atoms with Crippen LogP contribution >= 0.6 is 0 Å². The van der Waals surface area contributed by atoms with Gasteiger partial charge in [-0.25, -0.2) is 17.6 Å². The first-order chi connectivity index (χ1) is 9.88. The molecule has 21 heavy (non-hydrogen) atoms. The second-order valence-corrected chi connectivity index (χ2v) is 5.10. The van der Waals surface area contributed by atoms with Crippen molar-refractivity contribution in [2.75, 3.05) is 0 Å². The number of nitrogens with one attached hydrogen (secondary N) is 1. The quantitative estimate of drug-likeness (QED) is 0.651. The maximum Gasteiger partial charge on any atom is 0.194 e. The second kappa shape index (κ2) is 6.26. The fourth-order valence-corrected chi connectivity index (χ4v) is 1.93. The molecule has 0 spiro atoms. The van der Waals surface area contributed by atoms with E-state index in [2.05, 4.69) is 5.32 Å². The predicted octanol–water partition coefficient (Wildman–Crippen LogP) is 4.41. The van der Waals surface area contributed by atoms with Crippen molar-refractivity contribution in [2.45, 2.75) is 26.4 Å². The summed E-state index contributed by atoms with van der Waals surface area (Å²) < 4.78 is 53.2. The van der Waals surface area contributed by atoms with Crippen molar-refractivity contribution >= 4 is 0 Å². The van der Waals surface area contributed by atoms with Gasteiger partial charge in [-0.2, -0.15) is 0 Å². The Bertz CT molecular complexity index is 630. The summed E-state index contributed by atoms with van der Waals surface area (Å²) in [5, 5.41) is 3.07. The molecule has 0 heterocycles. The SMILES string of the molecule is CC(C)NCc1cc(-c2cc(F)c(F)c(F)c2)ccc1F. The molecule has 0 saturated heterocycles. The van der Waals surface area contributed by atoms with E-state index < -0.39 is 23.3 Å². The number of rotatable bonds is 4. The average Bonchev–Trinajstić information content (AvgIpc) is 2.43. The third-order valence-electron chi connectivity index (χ3n) is 3.06. The van der Waals surface area contributed by atoms with Crippen LogP contribution in [0.25, 0.3) is 11.1 Å². The molecular weight excluding hydrogens is 282 g/mol. The number of hydrogen-bond donors (Lipinski definition) is 1. The molecule has 0 bridgehead atoms. The van der Waals surface area contributed by atoms with E-state index in [1.165, 1.54) is 18.2 Å². The molecule has 0 atom stereocenters. The van der Waals surface area contributed by atoms with Crippen LogP contribution in [0, 0.1) is 23.3 Å². The van der Waals surface area contributed by atoms with E-state index in [0.717, 1.165) is 12.1 Å². The van der Waals surface area contributed by atoms with Gasteiger partial charge in [-0.15, -0.1) is 0 Å². The van der Waals surface area contributed by atoms with E-state index in [1.807, 2.05) is 13.8 Å². The smallest absolute Gasteiger partial charge is 0.194 e. The van der Waals surface area contributed by atoms with Crippen LogP contribution in [0.15, 0.2) is 30.3 Å². The second-order valence-electron chi connectivity index (χ2n) is 5.10. The fourth-order valence-electron chi connectivity index (χ4n) is 1.93. The van der Waals surface area contributed by atoms with Gasteiger partial charge < -0.3 is 5.32 Å². The molecule has 0 aromatic heterocycles. The van der Waals surface area contributed by atoms with E-state index in [4.69, 9.17) is 0 Å². The molecule has 2 aromatic rings. The standard InChI is InChI=1S/C16H15F4N/c1-9(2)21-8-12-5-10(3-4-13(12)17)11-6-14(18)16(20)15(19)7-11/h3-7,9,21H,8H2,1-2H3. The Morgan fingerprint density at radius 2 is 1.48 bits per heavy atom. The van der Waals surface area contributed by atoms with Gasteiger partial charge in [0.1, 0.15) is 5.82 Å². The van der Waals surface area contributed by atoms with Crippen molar-refractivity contribution < 1.29 is 17.6 Å². The van der Waals surface area contributed by atoms with Gasteiger partial charge in [-0.3, -0.25) is 0 Å². The van der Waals surface area contributed by atoms with Gasteiger partial charge >= 0.3 is 0 Å². The van der Waals surface area contributed by atoms with Crippen LogP contribution in [0.4, 0.5) is 17.6 Å². The molecule has 1 nitrogen and oxygen atoms in total. The van der Waals surface area contributed by atoms with Gasteiger partial charge in [-0.05, 0) is 35.4 Å². The topological polar surface area (TPSA) is 12.0 Å². The number of hydrogen-bond acceptors (Lipinski definition) is 1. The van der Waals surface area contributed by atoms with Crippen molar-refractivity contribution in [1.82, 2.24) is 5.32 Å². The minimum absolute atomic E-state index is 0.164. The van der Waals surface area contributed by atoms with E-state index in [0.29, 0.717) is 17.7 Å². The zero-order valence-corrected chi connectivity index (χ0v) is 11.7. The lowest BCUT2D eigenvalue weighted by Gasteiger charge is -2.11. The molecule has 0 aliphatic heterocycles. The first kappa shape index (κ1) is 15.5. The molecular formula is C16H15F4N. The maximum atomic E-state index is 13.7. The highest BCUT2D eigenvalue weighted by atomic mass is 19.2. The molecule has 112 valence electrons. The minimum Gasteiger partial charge on any atom is -0.310 e. The van der Waals surface area contributed by atoms with Crippen molar-refractivity contribution in [3.05, 3.63) is 59.2 Å². The van der Waals surface area contributed by atoms with Crippen LogP contribution in [0.3, 0.4) is 0 Å². The van der Waals surface area contributed by atoms with Gasteiger partial charge in [0.2, 0.25) is 0 Å². The van der Waals surface area contributed by atoms with Gasteiger partial charge in [-0.1, -0.05) is 19.9 Å². The van der Waals surface area contributed by atoms with Crippen molar-refractivity contribution in [3.63, 3.8) is 0 Å². The van der Waals surface area contributed by atoms with Crippen LogP contribution in [0.2, 0.25) is 0 Å². The molecule has 2 rings (SSSR count). The van der Waals surface area contributed by atoms with Crippen LogP contribution in [0.5, 0.6) is 0 Å². The lowest BCUT2D eigenvalue weighted by atomic mass is 10.0.